The SMILES string of the molecule is COCC(=O)N[C@@H](Cc1ccc(C(F)(F)F)cc1)C(=O)OC. The molecule has 0 spiro atoms. The Bertz CT molecular complexity index is 514. The molecule has 1 atom stereocenters. The van der Waals surface area contributed by atoms with E-state index in [1.807, 2.05) is 0 Å². The molecule has 122 valence electrons. The Balaban J connectivity index is 2.81. The van der Waals surface area contributed by atoms with Gasteiger partial charge < -0.3 is 14.8 Å². The van der Waals surface area contributed by atoms with Gasteiger partial charge in [0.15, 0.2) is 0 Å². The number of amides is 1. The second kappa shape index (κ2) is 7.79. The molecule has 0 aliphatic carbocycles. The summed E-state index contributed by atoms with van der Waals surface area (Å²) in [6.45, 7) is -0.236. The van der Waals surface area contributed by atoms with Gasteiger partial charge in [-0.05, 0) is 17.7 Å². The van der Waals surface area contributed by atoms with Crippen LogP contribution in [-0.2, 0) is 31.7 Å². The van der Waals surface area contributed by atoms with Gasteiger partial charge in [0.1, 0.15) is 12.6 Å². The van der Waals surface area contributed by atoms with Gasteiger partial charge in [-0.15, -0.1) is 0 Å². The van der Waals surface area contributed by atoms with Gasteiger partial charge in [0.05, 0.1) is 12.7 Å². The number of ether oxygens (including phenoxy) is 2. The van der Waals surface area contributed by atoms with Gasteiger partial charge in [0, 0.05) is 13.5 Å². The standard InChI is InChI=1S/C14H16F3NO4/c1-21-8-12(19)18-11(13(20)22-2)7-9-3-5-10(6-4-9)14(15,16)17/h3-6,11H,7-8H2,1-2H3,(H,18,19)/t11-/m0/s1. The molecule has 8 heteroatoms. The smallest absolute Gasteiger partial charge is 0.416 e. The lowest BCUT2D eigenvalue weighted by Crippen LogP contribution is -2.44. The maximum absolute atomic E-state index is 12.5. The highest BCUT2D eigenvalue weighted by atomic mass is 19.4. The predicted octanol–water partition coefficient (Wildman–Crippen LogP) is 1.55. The van der Waals surface area contributed by atoms with Gasteiger partial charge in [-0.2, -0.15) is 13.2 Å². The zero-order valence-corrected chi connectivity index (χ0v) is 12.1. The third kappa shape index (κ3) is 5.36. The molecule has 0 aliphatic rings. The number of carbonyl (C=O) groups is 2. The number of benzene rings is 1. The number of alkyl halides is 3. The summed E-state index contributed by atoms with van der Waals surface area (Å²) in [6, 6.07) is 3.34. The lowest BCUT2D eigenvalue weighted by molar-refractivity contribution is -0.145. The van der Waals surface area contributed by atoms with E-state index in [0.29, 0.717) is 5.56 Å². The monoisotopic (exact) mass is 319 g/mol. The normalized spacial score (nSPS) is 12.6. The van der Waals surface area contributed by atoms with Crippen molar-refractivity contribution in [3.63, 3.8) is 0 Å². The minimum atomic E-state index is -4.42. The number of rotatable bonds is 6. The summed E-state index contributed by atoms with van der Waals surface area (Å²) in [4.78, 5) is 23.1. The van der Waals surface area contributed by atoms with Crippen LogP contribution in [-0.4, -0.2) is 38.7 Å². The number of esters is 1. The van der Waals surface area contributed by atoms with Gasteiger partial charge in [-0.3, -0.25) is 4.79 Å². The Labute approximate surface area is 125 Å². The van der Waals surface area contributed by atoms with Crippen LogP contribution >= 0.6 is 0 Å². The van der Waals surface area contributed by atoms with Gasteiger partial charge in [-0.25, -0.2) is 4.79 Å². The lowest BCUT2D eigenvalue weighted by atomic mass is 10.0. The molecule has 0 aromatic heterocycles. The number of carbonyl (C=O) groups excluding carboxylic acids is 2. The number of methoxy groups -OCH3 is 2. The molecular formula is C14H16F3NO4. The van der Waals surface area contributed by atoms with Crippen LogP contribution in [0.25, 0.3) is 0 Å². The Morgan fingerprint density at radius 3 is 2.23 bits per heavy atom. The first-order valence-corrected chi connectivity index (χ1v) is 6.30. The summed E-state index contributed by atoms with van der Waals surface area (Å²) >= 11 is 0. The van der Waals surface area contributed by atoms with Crippen molar-refractivity contribution in [2.24, 2.45) is 0 Å². The summed E-state index contributed by atoms with van der Waals surface area (Å²) in [6.07, 6.45) is -4.41. The third-order valence-electron chi connectivity index (χ3n) is 2.82. The van der Waals surface area contributed by atoms with Crippen molar-refractivity contribution in [2.75, 3.05) is 20.8 Å². The molecule has 0 aliphatic heterocycles. The van der Waals surface area contributed by atoms with E-state index in [4.69, 9.17) is 0 Å². The molecule has 1 amide bonds. The van der Waals surface area contributed by atoms with Gasteiger partial charge in [0.2, 0.25) is 5.91 Å². The van der Waals surface area contributed by atoms with Crippen molar-refractivity contribution in [1.82, 2.24) is 5.32 Å². The van der Waals surface area contributed by atoms with Crippen LogP contribution < -0.4 is 5.32 Å². The van der Waals surface area contributed by atoms with Crippen molar-refractivity contribution in [1.29, 1.82) is 0 Å². The molecule has 1 aromatic carbocycles. The highest BCUT2D eigenvalue weighted by Gasteiger charge is 2.30. The molecule has 1 rings (SSSR count). The number of hydrogen-bond acceptors (Lipinski definition) is 4. The van der Waals surface area contributed by atoms with E-state index in [-0.39, 0.29) is 13.0 Å². The number of hydrogen-bond donors (Lipinski definition) is 1. The Morgan fingerprint density at radius 2 is 1.77 bits per heavy atom. The van der Waals surface area contributed by atoms with Crippen molar-refractivity contribution in [3.8, 4) is 0 Å². The van der Waals surface area contributed by atoms with Crippen LogP contribution in [0.15, 0.2) is 24.3 Å². The van der Waals surface area contributed by atoms with Crippen molar-refractivity contribution < 1.29 is 32.2 Å². The molecule has 0 saturated heterocycles. The maximum Gasteiger partial charge on any atom is 0.416 e. The van der Waals surface area contributed by atoms with Crippen molar-refractivity contribution >= 4 is 11.9 Å². The van der Waals surface area contributed by atoms with Crippen LogP contribution in [0.4, 0.5) is 13.2 Å². The summed E-state index contributed by atoms with van der Waals surface area (Å²) < 4.78 is 46.6. The zero-order valence-electron chi connectivity index (χ0n) is 12.1. The molecule has 0 heterocycles. The van der Waals surface area contributed by atoms with E-state index < -0.39 is 29.7 Å². The van der Waals surface area contributed by atoms with E-state index in [9.17, 15) is 22.8 Å². The van der Waals surface area contributed by atoms with Crippen molar-refractivity contribution in [2.45, 2.75) is 18.6 Å². The highest BCUT2D eigenvalue weighted by Crippen LogP contribution is 2.29. The van der Waals surface area contributed by atoms with Crippen LogP contribution in [0.1, 0.15) is 11.1 Å². The largest absolute Gasteiger partial charge is 0.467 e. The van der Waals surface area contributed by atoms with Crippen LogP contribution in [0, 0.1) is 0 Å². The number of halogens is 3. The minimum absolute atomic E-state index is 0.0142. The first-order chi connectivity index (χ1) is 10.3. The fourth-order valence-corrected chi connectivity index (χ4v) is 1.77. The predicted molar refractivity (Wildman–Crippen MR) is 71.0 cm³/mol. The Kier molecular flexibility index (Phi) is 6.36. The summed E-state index contributed by atoms with van der Waals surface area (Å²) in [5, 5.41) is 2.40. The molecule has 0 fully saturated rings. The van der Waals surface area contributed by atoms with E-state index in [1.54, 1.807) is 0 Å². The molecule has 0 bridgehead atoms. The van der Waals surface area contributed by atoms with E-state index in [0.717, 1.165) is 19.2 Å². The summed E-state index contributed by atoms with van der Waals surface area (Å²) in [5.74, 6) is -1.21. The third-order valence-corrected chi connectivity index (χ3v) is 2.82. The maximum atomic E-state index is 12.5. The fourth-order valence-electron chi connectivity index (χ4n) is 1.77. The fraction of sp³-hybridized carbons (Fsp3) is 0.429. The van der Waals surface area contributed by atoms with E-state index in [2.05, 4.69) is 14.8 Å². The second-order valence-electron chi connectivity index (χ2n) is 4.48. The molecule has 1 N–H and O–H groups in total. The highest BCUT2D eigenvalue weighted by molar-refractivity contribution is 5.85. The molecule has 0 radical (unpaired) electrons. The van der Waals surface area contributed by atoms with Gasteiger partial charge >= 0.3 is 12.1 Å². The van der Waals surface area contributed by atoms with E-state index >= 15 is 0 Å². The first kappa shape index (κ1) is 18.0. The van der Waals surface area contributed by atoms with Crippen LogP contribution in [0.5, 0.6) is 0 Å². The van der Waals surface area contributed by atoms with Crippen molar-refractivity contribution in [3.05, 3.63) is 35.4 Å². The molecule has 0 unspecified atom stereocenters. The molecule has 22 heavy (non-hydrogen) atoms. The van der Waals surface area contributed by atoms with Gasteiger partial charge in [0.25, 0.3) is 0 Å². The minimum Gasteiger partial charge on any atom is -0.467 e. The molecule has 5 nitrogen and oxygen atoms in total. The zero-order chi connectivity index (χ0) is 16.8. The molecule has 1 aromatic rings. The van der Waals surface area contributed by atoms with Crippen LogP contribution in [0.3, 0.4) is 0 Å². The number of nitrogens with one attached hydrogen (secondary N) is 1. The summed E-state index contributed by atoms with van der Waals surface area (Å²) in [5.41, 5.74) is -0.324. The Morgan fingerprint density at radius 1 is 1.18 bits per heavy atom. The lowest BCUT2D eigenvalue weighted by Gasteiger charge is -2.16. The average Bonchev–Trinajstić information content (AvgIpc) is 2.45. The Hall–Kier alpha value is -2.09. The summed E-state index contributed by atoms with van der Waals surface area (Å²) in [7, 11) is 2.48. The topological polar surface area (TPSA) is 64.6 Å². The quantitative estimate of drug-likeness (QED) is 0.808. The average molecular weight is 319 g/mol. The molecule has 0 saturated carbocycles. The second-order valence-corrected chi connectivity index (χ2v) is 4.48. The van der Waals surface area contributed by atoms with Gasteiger partial charge in [-0.1, -0.05) is 12.1 Å². The van der Waals surface area contributed by atoms with Crippen LogP contribution in [0.2, 0.25) is 0 Å². The first-order valence-electron chi connectivity index (χ1n) is 6.30. The van der Waals surface area contributed by atoms with E-state index in [1.165, 1.54) is 19.2 Å². The molecular weight excluding hydrogens is 303 g/mol.